The second-order valence-electron chi connectivity index (χ2n) is 5.33. The molecule has 0 saturated heterocycles. The number of benzene rings is 2. The van der Waals surface area contributed by atoms with E-state index in [4.69, 9.17) is 46.4 Å². The van der Waals surface area contributed by atoms with Crippen LogP contribution < -0.4 is 0 Å². The Hall–Kier alpha value is -0.180. The Morgan fingerprint density at radius 1 is 0.571 bits per heavy atom. The van der Waals surface area contributed by atoms with Crippen molar-refractivity contribution in [2.75, 3.05) is 0 Å². The van der Waals surface area contributed by atoms with E-state index in [1.54, 1.807) is 12.1 Å². The molecule has 28 heavy (non-hydrogen) atoms. The van der Waals surface area contributed by atoms with Crippen LogP contribution >= 0.6 is 103 Å². The Labute approximate surface area is 211 Å². The number of thiazole rings is 2. The molecule has 0 bridgehead atoms. The zero-order valence-corrected chi connectivity index (χ0v) is 21.7. The summed E-state index contributed by atoms with van der Waals surface area (Å²) < 4.78 is 0. The van der Waals surface area contributed by atoms with Crippen LogP contribution in [0, 0.1) is 0 Å². The van der Waals surface area contributed by atoms with Gasteiger partial charge in [0, 0.05) is 21.9 Å². The maximum Gasteiger partial charge on any atom is 0.152 e. The quantitative estimate of drug-likeness (QED) is 0.228. The molecule has 2 aromatic carbocycles. The van der Waals surface area contributed by atoms with E-state index < -0.39 is 0 Å². The zero-order chi connectivity index (χ0) is 18.3. The maximum atomic E-state index is 6.10. The first kappa shape index (κ1) is 24.1. The SMILES string of the molecule is Br.Br.Clc1ccc(-c2csc(-c3nc(-c4ccc(Cl)c(Cl)c4)cs3)n2)cc1Cl. The lowest BCUT2D eigenvalue weighted by molar-refractivity contribution is 1.35. The van der Waals surface area contributed by atoms with Crippen molar-refractivity contribution < 1.29 is 0 Å². The third kappa shape index (κ3) is 5.10. The number of aromatic nitrogens is 2. The molecule has 0 spiro atoms. The predicted molar refractivity (Wildman–Crippen MR) is 135 cm³/mol. The van der Waals surface area contributed by atoms with Gasteiger partial charge in [0.2, 0.25) is 0 Å². The van der Waals surface area contributed by atoms with Crippen molar-refractivity contribution in [2.45, 2.75) is 0 Å². The molecule has 0 N–H and O–H groups in total. The van der Waals surface area contributed by atoms with E-state index in [0.29, 0.717) is 20.1 Å². The molecule has 0 fully saturated rings. The smallest absolute Gasteiger partial charge is 0.152 e. The molecule has 0 aliphatic carbocycles. The van der Waals surface area contributed by atoms with Gasteiger partial charge in [-0.2, -0.15) is 0 Å². The topological polar surface area (TPSA) is 25.8 Å². The third-order valence-electron chi connectivity index (χ3n) is 3.62. The highest BCUT2D eigenvalue weighted by molar-refractivity contribution is 8.93. The van der Waals surface area contributed by atoms with Gasteiger partial charge in [-0.1, -0.05) is 58.5 Å². The second-order valence-corrected chi connectivity index (χ2v) is 8.68. The Kier molecular flexibility index (Phi) is 8.80. The van der Waals surface area contributed by atoms with Crippen molar-refractivity contribution in [3.05, 3.63) is 67.2 Å². The molecule has 4 aromatic rings. The minimum atomic E-state index is 0. The van der Waals surface area contributed by atoms with Gasteiger partial charge in [-0.25, -0.2) is 9.97 Å². The van der Waals surface area contributed by atoms with Crippen molar-refractivity contribution in [1.82, 2.24) is 9.97 Å². The first-order valence-corrected chi connectivity index (χ1v) is 10.6. The van der Waals surface area contributed by atoms with Gasteiger partial charge in [-0.3, -0.25) is 0 Å². The van der Waals surface area contributed by atoms with Gasteiger partial charge in [0.25, 0.3) is 0 Å². The fourth-order valence-electron chi connectivity index (χ4n) is 2.32. The fraction of sp³-hybridized carbons (Fsp3) is 0. The summed E-state index contributed by atoms with van der Waals surface area (Å²) in [7, 11) is 0. The van der Waals surface area contributed by atoms with Crippen LogP contribution in [0.2, 0.25) is 20.1 Å². The Bertz CT molecular complexity index is 1030. The number of nitrogens with zero attached hydrogens (tertiary/aromatic N) is 2. The highest BCUT2D eigenvalue weighted by atomic mass is 79.9. The summed E-state index contributed by atoms with van der Waals surface area (Å²) in [6.45, 7) is 0. The van der Waals surface area contributed by atoms with Gasteiger partial charge >= 0.3 is 0 Å². The lowest BCUT2D eigenvalue weighted by Gasteiger charge is -1.99. The van der Waals surface area contributed by atoms with E-state index in [1.165, 1.54) is 22.7 Å². The van der Waals surface area contributed by atoms with Crippen LogP contribution in [0.3, 0.4) is 0 Å². The van der Waals surface area contributed by atoms with Crippen LogP contribution in [0.4, 0.5) is 0 Å². The van der Waals surface area contributed by atoms with Crippen LogP contribution in [-0.2, 0) is 0 Å². The van der Waals surface area contributed by atoms with Crippen molar-refractivity contribution in [2.24, 2.45) is 0 Å². The molecule has 2 heterocycles. The summed E-state index contributed by atoms with van der Waals surface area (Å²) in [5, 5.41) is 7.73. The second kappa shape index (κ2) is 10.2. The fourth-order valence-corrected chi connectivity index (χ4v) is 4.62. The Morgan fingerprint density at radius 2 is 0.964 bits per heavy atom. The number of rotatable bonds is 3. The molecule has 0 unspecified atom stereocenters. The Morgan fingerprint density at radius 3 is 1.32 bits per heavy atom. The van der Waals surface area contributed by atoms with Gasteiger partial charge in [-0.05, 0) is 24.3 Å². The standard InChI is InChI=1S/C18H8Cl4N2S2.2BrH/c19-11-3-1-9(5-13(11)21)15-7-25-17(23-15)18-24-16(8-26-18)10-2-4-12(20)14(22)6-10;;/h1-8H;2*1H. The molecule has 0 atom stereocenters. The van der Waals surface area contributed by atoms with Crippen molar-refractivity contribution in [1.29, 1.82) is 0 Å². The molecule has 0 amide bonds. The summed E-state index contributed by atoms with van der Waals surface area (Å²) in [5.74, 6) is 0. The van der Waals surface area contributed by atoms with Crippen LogP contribution in [0.15, 0.2) is 47.2 Å². The van der Waals surface area contributed by atoms with Crippen LogP contribution in [0.5, 0.6) is 0 Å². The van der Waals surface area contributed by atoms with E-state index in [0.717, 1.165) is 32.5 Å². The van der Waals surface area contributed by atoms with E-state index in [9.17, 15) is 0 Å². The van der Waals surface area contributed by atoms with E-state index in [-0.39, 0.29) is 34.0 Å². The van der Waals surface area contributed by atoms with Crippen LogP contribution in [0.25, 0.3) is 32.5 Å². The molecule has 2 aromatic heterocycles. The van der Waals surface area contributed by atoms with Crippen molar-refractivity contribution in [3.63, 3.8) is 0 Å². The van der Waals surface area contributed by atoms with Crippen LogP contribution in [0.1, 0.15) is 0 Å². The minimum Gasteiger partial charge on any atom is -0.233 e. The highest BCUT2D eigenvalue weighted by Gasteiger charge is 2.13. The minimum absolute atomic E-state index is 0. The molecule has 0 radical (unpaired) electrons. The molecule has 10 heteroatoms. The summed E-state index contributed by atoms with van der Waals surface area (Å²) in [4.78, 5) is 9.36. The van der Waals surface area contributed by atoms with E-state index in [2.05, 4.69) is 9.97 Å². The maximum absolute atomic E-state index is 6.10. The molecule has 2 nitrogen and oxygen atoms in total. The predicted octanol–water partition coefficient (Wildman–Crippen LogP) is 9.37. The van der Waals surface area contributed by atoms with Gasteiger partial charge in [0.1, 0.15) is 0 Å². The summed E-state index contributed by atoms with van der Waals surface area (Å²) in [6, 6.07) is 11.0. The average Bonchev–Trinajstić information content (AvgIpc) is 3.29. The third-order valence-corrected chi connectivity index (χ3v) is 6.93. The zero-order valence-electron chi connectivity index (χ0n) is 13.7. The van der Waals surface area contributed by atoms with E-state index in [1.807, 2.05) is 35.0 Å². The van der Waals surface area contributed by atoms with Crippen molar-refractivity contribution in [3.8, 4) is 32.5 Å². The van der Waals surface area contributed by atoms with Crippen LogP contribution in [-0.4, -0.2) is 9.97 Å². The Balaban J connectivity index is 0.00000140. The summed E-state index contributed by atoms with van der Waals surface area (Å²) >= 11 is 27.2. The normalized spacial score (nSPS) is 10.3. The van der Waals surface area contributed by atoms with Crippen molar-refractivity contribution >= 4 is 103 Å². The van der Waals surface area contributed by atoms with Gasteiger partial charge < -0.3 is 0 Å². The molecule has 0 aliphatic rings. The lowest BCUT2D eigenvalue weighted by Crippen LogP contribution is -1.81. The number of halogens is 6. The molecular weight excluding hydrogens is 610 g/mol. The van der Waals surface area contributed by atoms with Gasteiger partial charge in [0.15, 0.2) is 10.0 Å². The van der Waals surface area contributed by atoms with E-state index >= 15 is 0 Å². The molecule has 0 saturated carbocycles. The summed E-state index contributed by atoms with van der Waals surface area (Å²) in [6.07, 6.45) is 0. The lowest BCUT2D eigenvalue weighted by atomic mass is 10.2. The van der Waals surface area contributed by atoms with Gasteiger partial charge in [0.05, 0.1) is 31.5 Å². The molecular formula is C18H10Br2Cl4N2S2. The number of hydrogen-bond donors (Lipinski definition) is 0. The molecule has 146 valence electrons. The molecule has 0 aliphatic heterocycles. The first-order valence-electron chi connectivity index (χ1n) is 7.33. The molecule has 4 rings (SSSR count). The number of hydrogen-bond acceptors (Lipinski definition) is 4. The largest absolute Gasteiger partial charge is 0.233 e. The first-order chi connectivity index (χ1) is 12.5. The average molecular weight is 620 g/mol. The van der Waals surface area contributed by atoms with Gasteiger partial charge in [-0.15, -0.1) is 56.6 Å². The highest BCUT2D eigenvalue weighted by Crippen LogP contribution is 2.36. The monoisotopic (exact) mass is 616 g/mol. The summed E-state index contributed by atoms with van der Waals surface area (Å²) in [5.41, 5.74) is 3.52.